The zero-order chi connectivity index (χ0) is 22.3. The van der Waals surface area contributed by atoms with Crippen molar-refractivity contribution in [2.45, 2.75) is 18.6 Å². The number of fused-ring (bicyclic) bond motifs is 1. The van der Waals surface area contributed by atoms with Gasteiger partial charge in [0.1, 0.15) is 5.82 Å². The Morgan fingerprint density at radius 1 is 1.06 bits per heavy atom. The van der Waals surface area contributed by atoms with E-state index in [0.29, 0.717) is 22.1 Å². The molecule has 2 aromatic heterocycles. The van der Waals surface area contributed by atoms with Crippen LogP contribution >= 0.6 is 11.6 Å². The van der Waals surface area contributed by atoms with Gasteiger partial charge in [0, 0.05) is 35.1 Å². The van der Waals surface area contributed by atoms with Crippen molar-refractivity contribution >= 4 is 28.2 Å². The quantitative estimate of drug-likeness (QED) is 0.451. The summed E-state index contributed by atoms with van der Waals surface area (Å²) in [6.07, 6.45) is 4.93. The molecule has 0 amide bonds. The lowest BCUT2D eigenvalue weighted by molar-refractivity contribution is -0.189. The van der Waals surface area contributed by atoms with Crippen LogP contribution in [0, 0.1) is 5.82 Å². The van der Waals surface area contributed by atoms with Crippen LogP contribution < -0.4 is 5.32 Å². The predicted molar refractivity (Wildman–Crippen MR) is 121 cm³/mol. The van der Waals surface area contributed by atoms with Crippen molar-refractivity contribution in [3.8, 4) is 11.1 Å². The SMILES string of the molecule is C[C@@H](Nc1c(Cl)cnc2ccc(-c3cnc(C4(O)COC4)nc3)cc12)c1ccccc1F. The number of ether oxygens (including phenoxy) is 1. The van der Waals surface area contributed by atoms with Crippen LogP contribution in [0.2, 0.25) is 5.02 Å². The highest BCUT2D eigenvalue weighted by Gasteiger charge is 2.40. The highest BCUT2D eigenvalue weighted by Crippen LogP contribution is 2.35. The van der Waals surface area contributed by atoms with Gasteiger partial charge in [-0.25, -0.2) is 14.4 Å². The van der Waals surface area contributed by atoms with Crippen LogP contribution in [-0.2, 0) is 10.3 Å². The fourth-order valence-electron chi connectivity index (χ4n) is 3.76. The normalized spacial score (nSPS) is 15.9. The molecule has 4 aromatic rings. The maximum absolute atomic E-state index is 14.3. The lowest BCUT2D eigenvalue weighted by atomic mass is 10.0. The van der Waals surface area contributed by atoms with Gasteiger partial charge >= 0.3 is 0 Å². The summed E-state index contributed by atoms with van der Waals surface area (Å²) >= 11 is 6.48. The largest absolute Gasteiger partial charge is 0.377 e. The third kappa shape index (κ3) is 3.68. The zero-order valence-corrected chi connectivity index (χ0v) is 18.0. The van der Waals surface area contributed by atoms with E-state index < -0.39 is 5.60 Å². The van der Waals surface area contributed by atoms with Crippen LogP contribution in [0.25, 0.3) is 22.0 Å². The molecule has 2 N–H and O–H groups in total. The Balaban J connectivity index is 1.51. The second-order valence-electron chi connectivity index (χ2n) is 7.92. The maximum Gasteiger partial charge on any atom is 0.170 e. The Morgan fingerprint density at radius 3 is 2.50 bits per heavy atom. The van der Waals surface area contributed by atoms with Gasteiger partial charge in [-0.15, -0.1) is 0 Å². The Bertz CT molecular complexity index is 1300. The van der Waals surface area contributed by atoms with E-state index >= 15 is 0 Å². The Morgan fingerprint density at radius 2 is 1.81 bits per heavy atom. The van der Waals surface area contributed by atoms with Crippen molar-refractivity contribution in [2.24, 2.45) is 0 Å². The maximum atomic E-state index is 14.3. The third-order valence-electron chi connectivity index (χ3n) is 5.64. The van der Waals surface area contributed by atoms with Gasteiger partial charge in [-0.3, -0.25) is 4.98 Å². The summed E-state index contributed by atoms with van der Waals surface area (Å²) in [5, 5.41) is 14.9. The first-order valence-electron chi connectivity index (χ1n) is 10.2. The van der Waals surface area contributed by atoms with E-state index in [1.54, 1.807) is 36.8 Å². The molecule has 6 nitrogen and oxygen atoms in total. The number of anilines is 1. The first-order valence-corrected chi connectivity index (χ1v) is 10.5. The Hall–Kier alpha value is -3.13. The van der Waals surface area contributed by atoms with Crippen LogP contribution in [0.4, 0.5) is 10.1 Å². The van der Waals surface area contributed by atoms with E-state index in [1.807, 2.05) is 25.1 Å². The minimum Gasteiger partial charge on any atom is -0.377 e. The Kier molecular flexibility index (Phi) is 5.25. The molecule has 0 unspecified atom stereocenters. The van der Waals surface area contributed by atoms with Gasteiger partial charge in [0.2, 0.25) is 0 Å². The molecule has 162 valence electrons. The van der Waals surface area contributed by atoms with Gasteiger partial charge in [-0.1, -0.05) is 35.9 Å². The number of halogens is 2. The molecule has 8 heteroatoms. The van der Waals surface area contributed by atoms with E-state index in [4.69, 9.17) is 16.3 Å². The molecule has 1 atom stereocenters. The molecule has 1 aliphatic heterocycles. The molecule has 1 aliphatic rings. The fraction of sp³-hybridized carbons (Fsp3) is 0.208. The van der Waals surface area contributed by atoms with Crippen molar-refractivity contribution in [3.05, 3.63) is 83.3 Å². The second-order valence-corrected chi connectivity index (χ2v) is 8.33. The summed E-state index contributed by atoms with van der Waals surface area (Å²) in [6, 6.07) is 12.1. The average Bonchev–Trinajstić information content (AvgIpc) is 2.79. The summed E-state index contributed by atoms with van der Waals surface area (Å²) in [7, 11) is 0. The molecular formula is C24H20ClFN4O2. The minimum absolute atomic E-state index is 0.196. The molecule has 3 heterocycles. The van der Waals surface area contributed by atoms with Crippen molar-refractivity contribution in [2.75, 3.05) is 18.5 Å². The molecule has 1 saturated heterocycles. The van der Waals surface area contributed by atoms with Crippen LogP contribution in [0.15, 0.2) is 61.1 Å². The van der Waals surface area contributed by atoms with Gasteiger partial charge in [0.15, 0.2) is 11.4 Å². The van der Waals surface area contributed by atoms with Crippen LogP contribution in [0.1, 0.15) is 24.4 Å². The summed E-state index contributed by atoms with van der Waals surface area (Å²) in [5.74, 6) is 0.0671. The van der Waals surface area contributed by atoms with E-state index in [0.717, 1.165) is 22.0 Å². The first kappa shape index (κ1) is 20.8. The Labute approximate surface area is 189 Å². The molecule has 1 fully saturated rings. The highest BCUT2D eigenvalue weighted by molar-refractivity contribution is 6.34. The summed E-state index contributed by atoms with van der Waals surface area (Å²) in [6.45, 7) is 2.27. The molecule has 0 bridgehead atoms. The molecule has 0 aliphatic carbocycles. The van der Waals surface area contributed by atoms with Gasteiger partial charge in [-0.2, -0.15) is 0 Å². The standard InChI is InChI=1S/C24H20ClFN4O2/c1-14(17-4-2-3-5-20(17)26)30-22-18-8-15(6-7-21(18)27-11-19(22)25)16-9-28-23(29-10-16)24(31)12-32-13-24/h2-11,14,31H,12-13H2,1H3,(H,27,30)/t14-/m1/s1. The van der Waals surface area contributed by atoms with Crippen LogP contribution in [0.5, 0.6) is 0 Å². The molecule has 0 spiro atoms. The van der Waals surface area contributed by atoms with Gasteiger partial charge in [0.25, 0.3) is 0 Å². The molecule has 0 saturated carbocycles. The van der Waals surface area contributed by atoms with Gasteiger partial charge in [0.05, 0.1) is 35.5 Å². The second kappa shape index (κ2) is 8.09. The van der Waals surface area contributed by atoms with Crippen molar-refractivity contribution < 1.29 is 14.2 Å². The lowest BCUT2D eigenvalue weighted by Crippen LogP contribution is -2.47. The number of aliphatic hydroxyl groups is 1. The molecule has 0 radical (unpaired) electrons. The van der Waals surface area contributed by atoms with Crippen LogP contribution in [-0.4, -0.2) is 33.3 Å². The number of pyridine rings is 1. The van der Waals surface area contributed by atoms with Crippen LogP contribution in [0.3, 0.4) is 0 Å². The van der Waals surface area contributed by atoms with Crippen molar-refractivity contribution in [1.82, 2.24) is 15.0 Å². The minimum atomic E-state index is -1.11. The number of benzene rings is 2. The average molecular weight is 451 g/mol. The molecule has 2 aromatic carbocycles. The first-order chi connectivity index (χ1) is 15.4. The van der Waals surface area contributed by atoms with E-state index in [1.165, 1.54) is 6.07 Å². The molecule has 5 rings (SSSR count). The van der Waals surface area contributed by atoms with E-state index in [-0.39, 0.29) is 25.1 Å². The molecular weight excluding hydrogens is 431 g/mol. The number of rotatable bonds is 5. The highest BCUT2D eigenvalue weighted by atomic mass is 35.5. The number of aromatic nitrogens is 3. The van der Waals surface area contributed by atoms with Crippen molar-refractivity contribution in [1.29, 1.82) is 0 Å². The number of hydrogen-bond acceptors (Lipinski definition) is 6. The van der Waals surface area contributed by atoms with Crippen molar-refractivity contribution in [3.63, 3.8) is 0 Å². The smallest absolute Gasteiger partial charge is 0.170 e. The van der Waals surface area contributed by atoms with Gasteiger partial charge < -0.3 is 15.2 Å². The lowest BCUT2D eigenvalue weighted by Gasteiger charge is -2.34. The monoisotopic (exact) mass is 450 g/mol. The predicted octanol–water partition coefficient (Wildman–Crippen LogP) is 4.88. The van der Waals surface area contributed by atoms with E-state index in [2.05, 4.69) is 20.3 Å². The number of nitrogens with zero attached hydrogens (tertiary/aromatic N) is 3. The number of nitrogens with one attached hydrogen (secondary N) is 1. The number of hydrogen-bond donors (Lipinski definition) is 2. The summed E-state index contributed by atoms with van der Waals surface area (Å²) in [4.78, 5) is 13.1. The fourth-order valence-corrected chi connectivity index (χ4v) is 3.96. The zero-order valence-electron chi connectivity index (χ0n) is 17.2. The topological polar surface area (TPSA) is 80.2 Å². The summed E-state index contributed by atoms with van der Waals surface area (Å²) < 4.78 is 19.3. The third-order valence-corrected chi connectivity index (χ3v) is 5.92. The summed E-state index contributed by atoms with van der Waals surface area (Å²) in [5.41, 5.74) is 2.51. The van der Waals surface area contributed by atoms with E-state index in [9.17, 15) is 9.50 Å². The molecule has 32 heavy (non-hydrogen) atoms. The van der Waals surface area contributed by atoms with Gasteiger partial charge in [-0.05, 0) is 30.7 Å².